The van der Waals surface area contributed by atoms with Crippen LogP contribution in [0.25, 0.3) is 10.1 Å². The molecule has 0 amide bonds. The first-order chi connectivity index (χ1) is 10.2. The molecule has 0 nitrogen and oxygen atoms in total. The minimum atomic E-state index is 0.268. The van der Waals surface area contributed by atoms with Gasteiger partial charge < -0.3 is 0 Å². The van der Waals surface area contributed by atoms with Crippen LogP contribution in [0.4, 0.5) is 0 Å². The molecule has 21 heavy (non-hydrogen) atoms. The molecule has 0 saturated heterocycles. The third kappa shape index (κ3) is 2.79. The van der Waals surface area contributed by atoms with Gasteiger partial charge in [0.15, 0.2) is 0 Å². The molecular formula is C19H19BrS. The Morgan fingerprint density at radius 1 is 1.00 bits per heavy atom. The average Bonchev–Trinajstić information content (AvgIpc) is 2.97. The number of alkyl halides is 1. The maximum Gasteiger partial charge on any atom is 0.0658 e. The summed E-state index contributed by atoms with van der Waals surface area (Å²) in [6, 6.07) is 15.6. The van der Waals surface area contributed by atoms with Crippen LogP contribution in [0.15, 0.2) is 47.8 Å². The topological polar surface area (TPSA) is 0 Å². The van der Waals surface area contributed by atoms with Crippen LogP contribution in [-0.4, -0.2) is 0 Å². The second-order valence-electron chi connectivity index (χ2n) is 5.29. The number of fused-ring (bicyclic) bond motifs is 1. The lowest BCUT2D eigenvalue weighted by Gasteiger charge is -2.14. The molecule has 0 spiro atoms. The Morgan fingerprint density at radius 3 is 2.52 bits per heavy atom. The minimum Gasteiger partial charge on any atom is -0.143 e. The SMILES string of the molecule is CCc1ccc(C(Br)c2csc3ccccc23)cc1CC. The van der Waals surface area contributed by atoms with Gasteiger partial charge in [0.05, 0.1) is 4.83 Å². The molecule has 0 bridgehead atoms. The molecule has 1 unspecified atom stereocenters. The van der Waals surface area contributed by atoms with Crippen LogP contribution in [0.2, 0.25) is 0 Å². The molecule has 108 valence electrons. The van der Waals surface area contributed by atoms with Crippen LogP contribution in [-0.2, 0) is 12.8 Å². The Kier molecular flexibility index (Phi) is 4.46. The Labute approximate surface area is 139 Å². The van der Waals surface area contributed by atoms with Gasteiger partial charge in [-0.1, -0.05) is 66.2 Å². The Morgan fingerprint density at radius 2 is 1.76 bits per heavy atom. The van der Waals surface area contributed by atoms with Gasteiger partial charge in [-0.15, -0.1) is 11.3 Å². The average molecular weight is 359 g/mol. The fourth-order valence-electron chi connectivity index (χ4n) is 2.85. The van der Waals surface area contributed by atoms with Crippen molar-refractivity contribution in [1.29, 1.82) is 0 Å². The molecule has 0 saturated carbocycles. The fraction of sp³-hybridized carbons (Fsp3) is 0.263. The summed E-state index contributed by atoms with van der Waals surface area (Å²) < 4.78 is 1.36. The quantitative estimate of drug-likeness (QED) is 0.466. The zero-order valence-corrected chi connectivity index (χ0v) is 14.8. The highest BCUT2D eigenvalue weighted by atomic mass is 79.9. The normalized spacial score (nSPS) is 12.7. The third-order valence-corrected chi connectivity index (χ3v) is 6.07. The molecule has 0 aliphatic heterocycles. The van der Waals surface area contributed by atoms with Crippen LogP contribution in [0.3, 0.4) is 0 Å². The molecule has 1 aromatic heterocycles. The first-order valence-corrected chi connectivity index (χ1v) is 9.26. The summed E-state index contributed by atoms with van der Waals surface area (Å²) in [6.45, 7) is 4.47. The van der Waals surface area contributed by atoms with Crippen LogP contribution in [0.5, 0.6) is 0 Å². The molecule has 1 atom stereocenters. The predicted molar refractivity (Wildman–Crippen MR) is 97.8 cm³/mol. The summed E-state index contributed by atoms with van der Waals surface area (Å²) in [5.41, 5.74) is 5.67. The minimum absolute atomic E-state index is 0.268. The van der Waals surface area contributed by atoms with Crippen molar-refractivity contribution in [2.45, 2.75) is 31.5 Å². The molecule has 2 aromatic carbocycles. The maximum atomic E-state index is 3.91. The molecule has 0 fully saturated rings. The number of hydrogen-bond acceptors (Lipinski definition) is 1. The monoisotopic (exact) mass is 358 g/mol. The van der Waals surface area contributed by atoms with E-state index in [1.165, 1.54) is 32.3 Å². The Balaban J connectivity index is 2.04. The first kappa shape index (κ1) is 14.8. The summed E-state index contributed by atoms with van der Waals surface area (Å²) in [5, 5.41) is 3.64. The van der Waals surface area contributed by atoms with E-state index in [9.17, 15) is 0 Å². The lowest BCUT2D eigenvalue weighted by Crippen LogP contribution is -1.97. The van der Waals surface area contributed by atoms with Gasteiger partial charge in [-0.3, -0.25) is 0 Å². The second-order valence-corrected chi connectivity index (χ2v) is 7.11. The molecule has 3 rings (SSSR count). The maximum absolute atomic E-state index is 3.91. The summed E-state index contributed by atoms with van der Waals surface area (Å²) in [7, 11) is 0. The molecule has 0 aliphatic carbocycles. The molecule has 2 heteroatoms. The van der Waals surface area contributed by atoms with Crippen molar-refractivity contribution < 1.29 is 0 Å². The van der Waals surface area contributed by atoms with Crippen molar-refractivity contribution in [3.8, 4) is 0 Å². The van der Waals surface area contributed by atoms with E-state index in [1.807, 2.05) is 11.3 Å². The van der Waals surface area contributed by atoms with E-state index in [-0.39, 0.29) is 4.83 Å². The van der Waals surface area contributed by atoms with Gasteiger partial charge in [0.1, 0.15) is 0 Å². The molecule has 0 N–H and O–H groups in total. The lowest BCUT2D eigenvalue weighted by molar-refractivity contribution is 1.02. The van der Waals surface area contributed by atoms with Gasteiger partial charge in [-0.25, -0.2) is 0 Å². The van der Waals surface area contributed by atoms with Gasteiger partial charge in [-0.05, 0) is 51.9 Å². The molecule has 0 aliphatic rings. The van der Waals surface area contributed by atoms with E-state index in [1.54, 1.807) is 0 Å². The van der Waals surface area contributed by atoms with E-state index in [2.05, 4.69) is 77.6 Å². The molecule has 0 radical (unpaired) electrons. The van der Waals surface area contributed by atoms with Crippen LogP contribution in [0.1, 0.15) is 40.9 Å². The number of aryl methyl sites for hydroxylation is 2. The Hall–Kier alpha value is -1.12. The molecule has 1 heterocycles. The van der Waals surface area contributed by atoms with Gasteiger partial charge in [0, 0.05) is 4.70 Å². The highest BCUT2D eigenvalue weighted by Crippen LogP contribution is 2.39. The summed E-state index contributed by atoms with van der Waals surface area (Å²) >= 11 is 5.74. The largest absolute Gasteiger partial charge is 0.143 e. The number of benzene rings is 2. The Bertz CT molecular complexity index is 757. The summed E-state index contributed by atoms with van der Waals surface area (Å²) in [6.07, 6.45) is 2.21. The summed E-state index contributed by atoms with van der Waals surface area (Å²) in [4.78, 5) is 0.268. The highest BCUT2D eigenvalue weighted by Gasteiger charge is 2.15. The standard InChI is InChI=1S/C19H19BrS/c1-3-13-9-10-15(11-14(13)4-2)19(20)17-12-21-18-8-6-5-7-16(17)18/h5-12,19H,3-4H2,1-2H3. The van der Waals surface area contributed by atoms with Crippen molar-refractivity contribution in [3.05, 3.63) is 70.1 Å². The van der Waals surface area contributed by atoms with Crippen LogP contribution >= 0.6 is 27.3 Å². The van der Waals surface area contributed by atoms with Gasteiger partial charge in [0.2, 0.25) is 0 Å². The zero-order valence-electron chi connectivity index (χ0n) is 12.4. The van der Waals surface area contributed by atoms with Crippen LogP contribution in [0, 0.1) is 0 Å². The first-order valence-electron chi connectivity index (χ1n) is 7.46. The van der Waals surface area contributed by atoms with Crippen molar-refractivity contribution in [1.82, 2.24) is 0 Å². The summed E-state index contributed by atoms with van der Waals surface area (Å²) in [5.74, 6) is 0. The van der Waals surface area contributed by atoms with Crippen LogP contribution < -0.4 is 0 Å². The highest BCUT2D eigenvalue weighted by molar-refractivity contribution is 9.09. The second kappa shape index (κ2) is 6.33. The van der Waals surface area contributed by atoms with Gasteiger partial charge in [0.25, 0.3) is 0 Å². The van der Waals surface area contributed by atoms with Gasteiger partial charge in [-0.2, -0.15) is 0 Å². The van der Waals surface area contributed by atoms with E-state index < -0.39 is 0 Å². The van der Waals surface area contributed by atoms with Crippen molar-refractivity contribution in [2.75, 3.05) is 0 Å². The van der Waals surface area contributed by atoms with Crippen molar-refractivity contribution in [3.63, 3.8) is 0 Å². The fourth-order valence-corrected chi connectivity index (χ4v) is 4.68. The van der Waals surface area contributed by atoms with E-state index in [4.69, 9.17) is 0 Å². The van der Waals surface area contributed by atoms with Gasteiger partial charge >= 0.3 is 0 Å². The smallest absolute Gasteiger partial charge is 0.0658 e. The lowest BCUT2D eigenvalue weighted by atomic mass is 9.96. The number of hydrogen-bond donors (Lipinski definition) is 0. The zero-order chi connectivity index (χ0) is 14.8. The predicted octanol–water partition coefficient (Wildman–Crippen LogP) is 6.51. The number of thiophene rings is 1. The van der Waals surface area contributed by atoms with Crippen molar-refractivity contribution in [2.24, 2.45) is 0 Å². The number of rotatable bonds is 4. The van der Waals surface area contributed by atoms with Crippen molar-refractivity contribution >= 4 is 37.4 Å². The van der Waals surface area contributed by atoms with E-state index >= 15 is 0 Å². The molecule has 3 aromatic rings. The third-order valence-electron chi connectivity index (χ3n) is 4.07. The van der Waals surface area contributed by atoms with E-state index in [0.717, 1.165) is 12.8 Å². The molecular weight excluding hydrogens is 340 g/mol. The van der Waals surface area contributed by atoms with E-state index in [0.29, 0.717) is 0 Å². The number of halogens is 1.